The van der Waals surface area contributed by atoms with Crippen molar-refractivity contribution in [1.29, 1.82) is 0 Å². The smallest absolute Gasteiger partial charge is 0.341 e. The maximum Gasteiger partial charge on any atom is 0.341 e. The normalized spacial score (nSPS) is 25.0. The van der Waals surface area contributed by atoms with Gasteiger partial charge in [-0.3, -0.25) is 4.79 Å². The zero-order chi connectivity index (χ0) is 18.7. The molecule has 2 atom stereocenters. The molecule has 0 spiro atoms. The van der Waals surface area contributed by atoms with Gasteiger partial charge in [0.05, 0.1) is 25.1 Å². The molecule has 0 radical (unpaired) electrons. The summed E-state index contributed by atoms with van der Waals surface area (Å²) in [6.45, 7) is 8.94. The molecule has 1 amide bonds. The molecule has 2 heterocycles. The van der Waals surface area contributed by atoms with Crippen LogP contribution in [0.3, 0.4) is 0 Å². The van der Waals surface area contributed by atoms with Crippen molar-refractivity contribution < 1.29 is 24.0 Å². The number of aryl methyl sites for hydroxylation is 1. The van der Waals surface area contributed by atoms with Crippen molar-refractivity contribution in [2.75, 3.05) is 31.6 Å². The molecule has 6 nitrogen and oxygen atoms in total. The van der Waals surface area contributed by atoms with Gasteiger partial charge in [-0.05, 0) is 45.6 Å². The van der Waals surface area contributed by atoms with E-state index in [-0.39, 0.29) is 24.1 Å². The summed E-state index contributed by atoms with van der Waals surface area (Å²) in [6, 6.07) is 0. The fourth-order valence-electron chi connectivity index (χ4n) is 3.98. The number of carbonyl (C=O) groups excluding carboxylic acids is 2. The third kappa shape index (κ3) is 4.45. The van der Waals surface area contributed by atoms with Gasteiger partial charge < -0.3 is 19.7 Å². The molecule has 2 N–H and O–H groups in total. The van der Waals surface area contributed by atoms with Crippen molar-refractivity contribution in [2.45, 2.75) is 58.7 Å². The Morgan fingerprint density at radius 3 is 2.69 bits per heavy atom. The largest absolute Gasteiger partial charge is 0.462 e. The van der Waals surface area contributed by atoms with Gasteiger partial charge in [0, 0.05) is 4.88 Å². The van der Waals surface area contributed by atoms with Gasteiger partial charge in [0.15, 0.2) is 0 Å². The fraction of sp³-hybridized carbons (Fsp3) is 0.684. The lowest BCUT2D eigenvalue weighted by Gasteiger charge is -2.32. The highest BCUT2D eigenvalue weighted by molar-refractivity contribution is 7.17. The van der Waals surface area contributed by atoms with Gasteiger partial charge in [0.1, 0.15) is 30.3 Å². The molecule has 7 heteroatoms. The molecule has 1 aromatic rings. The van der Waals surface area contributed by atoms with Crippen LogP contribution in [0.1, 0.15) is 54.4 Å². The van der Waals surface area contributed by atoms with Crippen LogP contribution in [0.15, 0.2) is 0 Å². The number of anilines is 1. The van der Waals surface area contributed by atoms with Crippen molar-refractivity contribution in [1.82, 2.24) is 0 Å². The van der Waals surface area contributed by atoms with Crippen LogP contribution >= 0.6 is 11.3 Å². The lowest BCUT2D eigenvalue weighted by molar-refractivity contribution is -0.914. The van der Waals surface area contributed by atoms with Crippen molar-refractivity contribution in [3.8, 4) is 0 Å². The number of morpholine rings is 1. The first-order valence-corrected chi connectivity index (χ1v) is 10.4. The summed E-state index contributed by atoms with van der Waals surface area (Å²) < 4.78 is 11.0. The van der Waals surface area contributed by atoms with E-state index in [2.05, 4.69) is 19.2 Å². The van der Waals surface area contributed by atoms with E-state index in [9.17, 15) is 9.59 Å². The number of hydrogen-bond donors (Lipinski definition) is 2. The number of esters is 1. The zero-order valence-electron chi connectivity index (χ0n) is 15.9. The number of hydrogen-bond acceptors (Lipinski definition) is 5. The number of amides is 1. The van der Waals surface area contributed by atoms with E-state index < -0.39 is 0 Å². The van der Waals surface area contributed by atoms with E-state index >= 15 is 0 Å². The second kappa shape index (κ2) is 8.50. The van der Waals surface area contributed by atoms with Crippen LogP contribution in [0.2, 0.25) is 0 Å². The quantitative estimate of drug-likeness (QED) is 0.732. The predicted molar refractivity (Wildman–Crippen MR) is 101 cm³/mol. The molecule has 0 unspecified atom stereocenters. The average molecular weight is 382 g/mol. The number of thiophene rings is 1. The van der Waals surface area contributed by atoms with E-state index in [1.54, 1.807) is 6.92 Å². The number of rotatable bonds is 6. The first-order chi connectivity index (χ1) is 12.5. The third-order valence-corrected chi connectivity index (χ3v) is 6.18. The SMILES string of the molecule is CCOC(=O)c1c(NC(=O)CC[NH+]2C[C@@H](C)O[C@H](C)C2)sc2c1CCC2. The molecular formula is C19H29N2O4S+. The average Bonchev–Trinajstić information content (AvgIpc) is 3.12. The van der Waals surface area contributed by atoms with E-state index in [0.29, 0.717) is 23.6 Å². The number of quaternary nitrogens is 1. The van der Waals surface area contributed by atoms with E-state index in [1.165, 1.54) is 21.1 Å². The second-order valence-corrected chi connectivity index (χ2v) is 8.35. The molecule has 1 fully saturated rings. The highest BCUT2D eigenvalue weighted by Gasteiger charge is 2.29. The molecule has 26 heavy (non-hydrogen) atoms. The highest BCUT2D eigenvalue weighted by atomic mass is 32.1. The van der Waals surface area contributed by atoms with Crippen LogP contribution in [-0.2, 0) is 27.1 Å². The number of carbonyl (C=O) groups is 2. The summed E-state index contributed by atoms with van der Waals surface area (Å²) in [4.78, 5) is 27.4. The Morgan fingerprint density at radius 2 is 2.00 bits per heavy atom. The summed E-state index contributed by atoms with van der Waals surface area (Å²) in [7, 11) is 0. The number of fused-ring (bicyclic) bond motifs is 1. The fourth-order valence-corrected chi connectivity index (χ4v) is 5.28. The topological polar surface area (TPSA) is 69.1 Å². The van der Waals surface area contributed by atoms with Crippen molar-refractivity contribution >= 4 is 28.2 Å². The molecule has 0 aromatic carbocycles. The molecule has 1 aliphatic heterocycles. The standard InChI is InChI=1S/C19H28N2O4S/c1-4-24-19(23)17-14-6-5-7-15(14)26-18(17)20-16(22)8-9-21-10-12(2)25-13(3)11-21/h12-13H,4-11H2,1-3H3,(H,20,22)/p+1/t12-,13-/m1/s1. The number of nitrogens with one attached hydrogen (secondary N) is 2. The predicted octanol–water partition coefficient (Wildman–Crippen LogP) is 1.43. The minimum atomic E-state index is -0.316. The Bertz CT molecular complexity index is 663. The zero-order valence-corrected chi connectivity index (χ0v) is 16.7. The molecular weight excluding hydrogens is 352 g/mol. The van der Waals surface area contributed by atoms with Crippen molar-refractivity contribution in [3.63, 3.8) is 0 Å². The van der Waals surface area contributed by atoms with E-state index in [4.69, 9.17) is 9.47 Å². The summed E-state index contributed by atoms with van der Waals surface area (Å²) in [5, 5.41) is 3.64. The van der Waals surface area contributed by atoms with Crippen LogP contribution in [0.4, 0.5) is 5.00 Å². The van der Waals surface area contributed by atoms with Crippen LogP contribution < -0.4 is 10.2 Å². The van der Waals surface area contributed by atoms with Crippen molar-refractivity contribution in [2.24, 2.45) is 0 Å². The first-order valence-electron chi connectivity index (χ1n) is 9.58. The van der Waals surface area contributed by atoms with Gasteiger partial charge in [0.2, 0.25) is 5.91 Å². The first kappa shape index (κ1) is 19.3. The molecule has 3 rings (SSSR count). The van der Waals surface area contributed by atoms with Crippen LogP contribution in [0, 0.1) is 0 Å². The lowest BCUT2D eigenvalue weighted by Crippen LogP contribution is -3.15. The molecule has 0 bridgehead atoms. The van der Waals surface area contributed by atoms with Gasteiger partial charge in [-0.25, -0.2) is 4.79 Å². The van der Waals surface area contributed by atoms with E-state index in [0.717, 1.165) is 44.5 Å². The minimum Gasteiger partial charge on any atom is -0.462 e. The van der Waals surface area contributed by atoms with E-state index in [1.807, 2.05) is 0 Å². The Labute approximate surface area is 158 Å². The lowest BCUT2D eigenvalue weighted by atomic mass is 10.1. The Hall–Kier alpha value is -1.44. The maximum absolute atomic E-state index is 12.5. The van der Waals surface area contributed by atoms with Crippen LogP contribution in [-0.4, -0.2) is 50.3 Å². The van der Waals surface area contributed by atoms with Gasteiger partial charge in [-0.2, -0.15) is 0 Å². The molecule has 144 valence electrons. The summed E-state index contributed by atoms with van der Waals surface area (Å²) in [6.07, 6.45) is 3.84. The molecule has 1 aliphatic carbocycles. The Morgan fingerprint density at radius 1 is 1.27 bits per heavy atom. The van der Waals surface area contributed by atoms with Crippen LogP contribution in [0.25, 0.3) is 0 Å². The molecule has 1 aromatic heterocycles. The van der Waals surface area contributed by atoms with Gasteiger partial charge in [0.25, 0.3) is 0 Å². The summed E-state index contributed by atoms with van der Waals surface area (Å²) in [5.41, 5.74) is 1.66. The Balaban J connectivity index is 1.61. The van der Waals surface area contributed by atoms with Crippen molar-refractivity contribution in [3.05, 3.63) is 16.0 Å². The number of ether oxygens (including phenoxy) is 2. The van der Waals surface area contributed by atoms with Gasteiger partial charge in [-0.1, -0.05) is 0 Å². The molecule has 0 saturated carbocycles. The Kier molecular flexibility index (Phi) is 6.32. The van der Waals surface area contributed by atoms with Crippen LogP contribution in [0.5, 0.6) is 0 Å². The monoisotopic (exact) mass is 381 g/mol. The molecule has 1 saturated heterocycles. The van der Waals surface area contributed by atoms with Gasteiger partial charge >= 0.3 is 5.97 Å². The second-order valence-electron chi connectivity index (χ2n) is 7.25. The highest BCUT2D eigenvalue weighted by Crippen LogP contribution is 2.39. The van der Waals surface area contributed by atoms with Gasteiger partial charge in [-0.15, -0.1) is 11.3 Å². The third-order valence-electron chi connectivity index (χ3n) is 4.98. The minimum absolute atomic E-state index is 0.0326. The molecule has 2 aliphatic rings. The summed E-state index contributed by atoms with van der Waals surface area (Å²) in [5.74, 6) is -0.349. The summed E-state index contributed by atoms with van der Waals surface area (Å²) >= 11 is 1.53. The maximum atomic E-state index is 12.5.